The van der Waals surface area contributed by atoms with Crippen molar-refractivity contribution in [2.75, 3.05) is 7.11 Å². The van der Waals surface area contributed by atoms with E-state index in [-0.39, 0.29) is 11.3 Å². The molecule has 0 saturated carbocycles. The van der Waals surface area contributed by atoms with Crippen LogP contribution in [0.4, 0.5) is 0 Å². The number of benzene rings is 2. The van der Waals surface area contributed by atoms with Gasteiger partial charge in [-0.15, -0.1) is 0 Å². The first-order valence-electron chi connectivity index (χ1n) is 5.99. The van der Waals surface area contributed by atoms with Gasteiger partial charge in [0.2, 0.25) is 0 Å². The maximum absolute atomic E-state index is 12.0. The molecule has 108 valence electrons. The Morgan fingerprint density at radius 2 is 1.76 bits per heavy atom. The van der Waals surface area contributed by atoms with Gasteiger partial charge in [-0.05, 0) is 36.4 Å². The van der Waals surface area contributed by atoms with E-state index < -0.39 is 11.8 Å². The second-order valence-electron chi connectivity index (χ2n) is 4.17. The van der Waals surface area contributed by atoms with Crippen molar-refractivity contribution >= 4 is 23.4 Å². The zero-order valence-electron chi connectivity index (χ0n) is 11.1. The Morgan fingerprint density at radius 3 is 2.33 bits per heavy atom. The molecular formula is C15H12ClNO4. The van der Waals surface area contributed by atoms with Gasteiger partial charge in [-0.2, -0.15) is 0 Å². The van der Waals surface area contributed by atoms with E-state index in [9.17, 15) is 14.7 Å². The molecule has 0 heterocycles. The van der Waals surface area contributed by atoms with Crippen molar-refractivity contribution in [1.29, 1.82) is 0 Å². The fraction of sp³-hybridized carbons (Fsp3) is 0.0667. The van der Waals surface area contributed by atoms with Crippen molar-refractivity contribution in [3.05, 3.63) is 58.6 Å². The average Bonchev–Trinajstić information content (AvgIpc) is 2.47. The molecule has 0 aliphatic rings. The Hall–Kier alpha value is -2.53. The maximum atomic E-state index is 12.0. The zero-order chi connectivity index (χ0) is 15.4. The highest BCUT2D eigenvalue weighted by molar-refractivity contribution is 6.30. The lowest BCUT2D eigenvalue weighted by Gasteiger charge is -2.07. The van der Waals surface area contributed by atoms with Crippen molar-refractivity contribution in [2.24, 2.45) is 0 Å². The Balaban J connectivity index is 2.14. The number of phenolic OH excluding ortho intramolecular Hbond substituents is 1. The first-order chi connectivity index (χ1) is 10.0. The summed E-state index contributed by atoms with van der Waals surface area (Å²) in [6.45, 7) is 0. The molecule has 0 radical (unpaired) electrons. The Bertz CT molecular complexity index is 683. The number of halogens is 1. The molecule has 0 aromatic heterocycles. The topological polar surface area (TPSA) is 75.6 Å². The van der Waals surface area contributed by atoms with E-state index in [0.717, 1.165) is 0 Å². The van der Waals surface area contributed by atoms with E-state index in [2.05, 4.69) is 5.32 Å². The number of amides is 2. The third-order valence-corrected chi connectivity index (χ3v) is 3.03. The van der Waals surface area contributed by atoms with Crippen LogP contribution in [0.25, 0.3) is 0 Å². The largest absolute Gasteiger partial charge is 0.507 e. The van der Waals surface area contributed by atoms with Gasteiger partial charge in [-0.25, -0.2) is 0 Å². The molecule has 2 aromatic rings. The highest BCUT2D eigenvalue weighted by Gasteiger charge is 2.16. The number of imide groups is 1. The fourth-order valence-corrected chi connectivity index (χ4v) is 1.80. The van der Waals surface area contributed by atoms with E-state index in [4.69, 9.17) is 16.3 Å². The van der Waals surface area contributed by atoms with Crippen LogP contribution in [0.3, 0.4) is 0 Å². The molecular weight excluding hydrogens is 294 g/mol. The van der Waals surface area contributed by atoms with Crippen molar-refractivity contribution in [2.45, 2.75) is 0 Å². The van der Waals surface area contributed by atoms with Crippen LogP contribution in [0, 0.1) is 0 Å². The number of carbonyl (C=O) groups excluding carboxylic acids is 2. The molecule has 0 spiro atoms. The molecule has 2 amide bonds. The number of aromatic hydroxyl groups is 1. The van der Waals surface area contributed by atoms with Crippen LogP contribution in [0.15, 0.2) is 42.5 Å². The maximum Gasteiger partial charge on any atom is 0.261 e. The van der Waals surface area contributed by atoms with E-state index in [1.165, 1.54) is 37.4 Å². The summed E-state index contributed by atoms with van der Waals surface area (Å²) < 4.78 is 4.92. The molecule has 0 bridgehead atoms. The molecule has 2 N–H and O–H groups in total. The smallest absolute Gasteiger partial charge is 0.261 e. The summed E-state index contributed by atoms with van der Waals surface area (Å²) in [5, 5.41) is 12.4. The predicted octanol–water partition coefficient (Wildman–Crippen LogP) is 2.62. The highest BCUT2D eigenvalue weighted by atomic mass is 35.5. The molecule has 0 atom stereocenters. The summed E-state index contributed by atoms with van der Waals surface area (Å²) in [4.78, 5) is 23.8. The number of hydrogen-bond acceptors (Lipinski definition) is 4. The molecule has 0 aliphatic heterocycles. The summed E-state index contributed by atoms with van der Waals surface area (Å²) in [5.74, 6) is -1.13. The minimum atomic E-state index is -0.699. The SMILES string of the molecule is COc1ccc(C(=O)NC(=O)c2ccc(Cl)cc2)c(O)c1. The van der Waals surface area contributed by atoms with E-state index >= 15 is 0 Å². The van der Waals surface area contributed by atoms with Crippen LogP contribution in [-0.4, -0.2) is 24.0 Å². The predicted molar refractivity (Wildman–Crippen MR) is 77.9 cm³/mol. The lowest BCUT2D eigenvalue weighted by atomic mass is 10.1. The summed E-state index contributed by atoms with van der Waals surface area (Å²) >= 11 is 5.72. The van der Waals surface area contributed by atoms with Gasteiger partial charge in [0.25, 0.3) is 11.8 Å². The molecule has 0 saturated heterocycles. The van der Waals surface area contributed by atoms with Gasteiger partial charge in [0.15, 0.2) is 0 Å². The molecule has 0 unspecified atom stereocenters. The molecule has 5 nitrogen and oxygen atoms in total. The number of phenols is 1. The molecule has 0 fully saturated rings. The molecule has 6 heteroatoms. The van der Waals surface area contributed by atoms with Crippen LogP contribution >= 0.6 is 11.6 Å². The second-order valence-corrected chi connectivity index (χ2v) is 4.61. The average molecular weight is 306 g/mol. The summed E-state index contributed by atoms with van der Waals surface area (Å²) in [5.41, 5.74) is 0.277. The highest BCUT2D eigenvalue weighted by Crippen LogP contribution is 2.23. The third kappa shape index (κ3) is 3.52. The van der Waals surface area contributed by atoms with Gasteiger partial charge in [0.1, 0.15) is 11.5 Å². The number of rotatable bonds is 3. The van der Waals surface area contributed by atoms with Crippen molar-refractivity contribution < 1.29 is 19.4 Å². The Kier molecular flexibility index (Phi) is 4.45. The normalized spacial score (nSPS) is 10.0. The lowest BCUT2D eigenvalue weighted by Crippen LogP contribution is -2.30. The van der Waals surface area contributed by atoms with E-state index in [1.807, 2.05) is 0 Å². The monoisotopic (exact) mass is 305 g/mol. The molecule has 0 aliphatic carbocycles. The van der Waals surface area contributed by atoms with Crippen LogP contribution < -0.4 is 10.1 Å². The van der Waals surface area contributed by atoms with Gasteiger partial charge in [-0.1, -0.05) is 11.6 Å². The number of nitrogens with one attached hydrogen (secondary N) is 1. The van der Waals surface area contributed by atoms with Gasteiger partial charge < -0.3 is 9.84 Å². The third-order valence-electron chi connectivity index (χ3n) is 2.78. The number of hydrogen-bond donors (Lipinski definition) is 2. The summed E-state index contributed by atoms with van der Waals surface area (Å²) in [6.07, 6.45) is 0. The van der Waals surface area contributed by atoms with Gasteiger partial charge in [-0.3, -0.25) is 14.9 Å². The standard InChI is InChI=1S/C15H12ClNO4/c1-21-11-6-7-12(13(18)8-11)15(20)17-14(19)9-2-4-10(16)5-3-9/h2-8,18H,1H3,(H,17,19,20). The molecule has 2 rings (SSSR count). The zero-order valence-corrected chi connectivity index (χ0v) is 11.8. The van der Waals surface area contributed by atoms with Crippen LogP contribution in [0.1, 0.15) is 20.7 Å². The number of carbonyl (C=O) groups is 2. The lowest BCUT2D eigenvalue weighted by molar-refractivity contribution is 0.0848. The molecule has 21 heavy (non-hydrogen) atoms. The van der Waals surface area contributed by atoms with E-state index in [1.54, 1.807) is 12.1 Å². The van der Waals surface area contributed by atoms with Crippen LogP contribution in [0.2, 0.25) is 5.02 Å². The van der Waals surface area contributed by atoms with Crippen LogP contribution in [-0.2, 0) is 0 Å². The van der Waals surface area contributed by atoms with Gasteiger partial charge >= 0.3 is 0 Å². The van der Waals surface area contributed by atoms with Crippen molar-refractivity contribution in [3.8, 4) is 11.5 Å². The Morgan fingerprint density at radius 1 is 1.10 bits per heavy atom. The fourth-order valence-electron chi connectivity index (χ4n) is 1.67. The minimum Gasteiger partial charge on any atom is -0.507 e. The summed E-state index contributed by atoms with van der Waals surface area (Å²) in [6, 6.07) is 10.3. The first-order valence-corrected chi connectivity index (χ1v) is 6.37. The second kappa shape index (κ2) is 6.28. The quantitative estimate of drug-likeness (QED) is 0.855. The van der Waals surface area contributed by atoms with Gasteiger partial charge in [0.05, 0.1) is 12.7 Å². The van der Waals surface area contributed by atoms with Crippen LogP contribution in [0.5, 0.6) is 11.5 Å². The van der Waals surface area contributed by atoms with Gasteiger partial charge in [0, 0.05) is 16.7 Å². The van der Waals surface area contributed by atoms with Crippen molar-refractivity contribution in [1.82, 2.24) is 5.32 Å². The number of methoxy groups -OCH3 is 1. The van der Waals surface area contributed by atoms with Crippen molar-refractivity contribution in [3.63, 3.8) is 0 Å². The minimum absolute atomic E-state index is 0.0156. The number of ether oxygens (including phenoxy) is 1. The van der Waals surface area contributed by atoms with E-state index in [0.29, 0.717) is 16.3 Å². The first kappa shape index (κ1) is 14.9. The Labute approximate surface area is 126 Å². The summed E-state index contributed by atoms with van der Waals surface area (Å²) in [7, 11) is 1.44. The molecule has 2 aromatic carbocycles.